The van der Waals surface area contributed by atoms with E-state index < -0.39 is 0 Å². The van der Waals surface area contributed by atoms with Gasteiger partial charge in [-0.3, -0.25) is 4.68 Å². The second kappa shape index (κ2) is 6.50. The molecule has 0 amide bonds. The van der Waals surface area contributed by atoms with Gasteiger partial charge in [-0.2, -0.15) is 5.10 Å². The van der Waals surface area contributed by atoms with Crippen LogP contribution in [0.2, 0.25) is 5.02 Å². The number of rotatable bonds is 5. The lowest BCUT2D eigenvalue weighted by molar-refractivity contribution is 0.415. The molecule has 1 atom stereocenters. The van der Waals surface area contributed by atoms with Crippen LogP contribution in [0.25, 0.3) is 11.3 Å². The first-order valence-electron chi connectivity index (χ1n) is 6.94. The molecule has 2 aromatic heterocycles. The number of hydrogen-bond donors (Lipinski definition) is 0. The fourth-order valence-electron chi connectivity index (χ4n) is 2.20. The maximum absolute atomic E-state index is 5.91. The quantitative estimate of drug-likeness (QED) is 0.691. The lowest BCUT2D eigenvalue weighted by Gasteiger charge is -2.09. The van der Waals surface area contributed by atoms with Crippen LogP contribution in [0.4, 0.5) is 0 Å². The van der Waals surface area contributed by atoms with Gasteiger partial charge in [0.15, 0.2) is 0 Å². The van der Waals surface area contributed by atoms with Crippen molar-refractivity contribution in [1.82, 2.24) is 14.8 Å². The van der Waals surface area contributed by atoms with E-state index in [2.05, 4.69) is 17.4 Å². The van der Waals surface area contributed by atoms with E-state index in [1.54, 1.807) is 24.6 Å². The third-order valence-corrected chi connectivity index (χ3v) is 4.50. The minimum absolute atomic E-state index is 0.224. The molecule has 0 aliphatic carbocycles. The summed E-state index contributed by atoms with van der Waals surface area (Å²) in [6.45, 7) is 2.11. The molecule has 6 heteroatoms. The van der Waals surface area contributed by atoms with Crippen LogP contribution in [0, 0.1) is 0 Å². The summed E-state index contributed by atoms with van der Waals surface area (Å²) in [7, 11) is 1.67. The van der Waals surface area contributed by atoms with E-state index in [0.29, 0.717) is 5.02 Å². The zero-order chi connectivity index (χ0) is 15.5. The summed E-state index contributed by atoms with van der Waals surface area (Å²) in [6.07, 6.45) is 4.33. The molecule has 0 saturated carbocycles. The molecule has 4 nitrogen and oxygen atoms in total. The van der Waals surface area contributed by atoms with Gasteiger partial charge in [0.2, 0.25) is 0 Å². The molecule has 0 radical (unpaired) electrons. The van der Waals surface area contributed by atoms with Gasteiger partial charge in [-0.15, -0.1) is 11.3 Å². The lowest BCUT2D eigenvalue weighted by atomic mass is 10.2. The van der Waals surface area contributed by atoms with Crippen molar-refractivity contribution in [1.29, 1.82) is 0 Å². The van der Waals surface area contributed by atoms with E-state index >= 15 is 0 Å². The van der Waals surface area contributed by atoms with E-state index in [9.17, 15) is 0 Å². The van der Waals surface area contributed by atoms with E-state index in [0.717, 1.165) is 28.4 Å². The Labute approximate surface area is 138 Å². The van der Waals surface area contributed by atoms with E-state index in [1.807, 2.05) is 35.1 Å². The van der Waals surface area contributed by atoms with E-state index in [1.165, 1.54) is 0 Å². The normalized spacial score (nSPS) is 12.3. The zero-order valence-corrected chi connectivity index (χ0v) is 13.9. The number of thiazole rings is 1. The Bertz CT molecular complexity index is 751. The number of methoxy groups -OCH3 is 1. The Morgan fingerprint density at radius 2 is 2.09 bits per heavy atom. The molecule has 0 spiro atoms. The Morgan fingerprint density at radius 1 is 1.32 bits per heavy atom. The number of ether oxygens (including phenoxy) is 1. The Balaban J connectivity index is 1.72. The molecule has 0 N–H and O–H groups in total. The third kappa shape index (κ3) is 3.31. The summed E-state index contributed by atoms with van der Waals surface area (Å²) in [5.74, 6) is 0.850. The van der Waals surface area contributed by atoms with Crippen LogP contribution in [-0.4, -0.2) is 21.9 Å². The van der Waals surface area contributed by atoms with Crippen molar-refractivity contribution in [3.05, 3.63) is 52.1 Å². The van der Waals surface area contributed by atoms with Crippen molar-refractivity contribution >= 4 is 22.9 Å². The van der Waals surface area contributed by atoms with Crippen molar-refractivity contribution in [2.45, 2.75) is 19.4 Å². The van der Waals surface area contributed by atoms with E-state index in [-0.39, 0.29) is 6.04 Å². The zero-order valence-electron chi connectivity index (χ0n) is 12.4. The first-order valence-corrected chi connectivity index (χ1v) is 8.20. The third-order valence-electron chi connectivity index (χ3n) is 3.43. The first-order chi connectivity index (χ1) is 10.7. The summed E-state index contributed by atoms with van der Waals surface area (Å²) >= 11 is 7.58. The molecule has 0 fully saturated rings. The molecule has 0 bridgehead atoms. The van der Waals surface area contributed by atoms with Gasteiger partial charge >= 0.3 is 0 Å². The predicted octanol–water partition coefficient (Wildman–Crippen LogP) is 4.47. The van der Waals surface area contributed by atoms with Crippen molar-refractivity contribution in [2.24, 2.45) is 0 Å². The van der Waals surface area contributed by atoms with Gasteiger partial charge in [0.1, 0.15) is 5.75 Å². The van der Waals surface area contributed by atoms with Crippen LogP contribution in [-0.2, 0) is 6.42 Å². The lowest BCUT2D eigenvalue weighted by Crippen LogP contribution is -2.08. The van der Waals surface area contributed by atoms with Crippen LogP contribution < -0.4 is 4.74 Å². The highest BCUT2D eigenvalue weighted by molar-refractivity contribution is 7.09. The van der Waals surface area contributed by atoms with Crippen LogP contribution in [0.5, 0.6) is 5.75 Å². The Hall–Kier alpha value is -1.85. The number of halogens is 1. The second-order valence-corrected chi connectivity index (χ2v) is 6.43. The minimum atomic E-state index is 0.224. The van der Waals surface area contributed by atoms with Crippen LogP contribution in [0.1, 0.15) is 18.0 Å². The number of hydrogen-bond acceptors (Lipinski definition) is 4. The van der Waals surface area contributed by atoms with Gasteiger partial charge < -0.3 is 4.74 Å². The number of nitrogens with zero attached hydrogens (tertiary/aromatic N) is 3. The maximum atomic E-state index is 5.91. The van der Waals surface area contributed by atoms with Crippen molar-refractivity contribution < 1.29 is 4.74 Å². The second-order valence-electron chi connectivity index (χ2n) is 5.05. The molecule has 3 rings (SSSR count). The van der Waals surface area contributed by atoms with Gasteiger partial charge in [0.25, 0.3) is 0 Å². The molecule has 0 saturated heterocycles. The molecular weight excluding hydrogens is 318 g/mol. The molecule has 2 heterocycles. The SMILES string of the molecule is COc1ccc(-c2csc(CC(C)n3cc(Cl)cn3)n2)cc1. The molecule has 0 aliphatic heterocycles. The average molecular weight is 334 g/mol. The summed E-state index contributed by atoms with van der Waals surface area (Å²) in [5, 5.41) is 8.07. The van der Waals surface area contributed by atoms with Crippen molar-refractivity contribution in [3.8, 4) is 17.0 Å². The predicted molar refractivity (Wildman–Crippen MR) is 89.8 cm³/mol. The molecular formula is C16H16ClN3OS. The Kier molecular flexibility index (Phi) is 4.45. The Morgan fingerprint density at radius 3 is 2.73 bits per heavy atom. The van der Waals surface area contributed by atoms with Crippen LogP contribution in [0.3, 0.4) is 0 Å². The highest BCUT2D eigenvalue weighted by Crippen LogP contribution is 2.26. The fourth-order valence-corrected chi connectivity index (χ4v) is 3.27. The van der Waals surface area contributed by atoms with Gasteiger partial charge in [-0.05, 0) is 31.2 Å². The van der Waals surface area contributed by atoms with E-state index in [4.69, 9.17) is 21.3 Å². The summed E-state index contributed by atoms with van der Waals surface area (Å²) in [6, 6.07) is 8.16. The van der Waals surface area contributed by atoms with Gasteiger partial charge in [-0.25, -0.2) is 4.98 Å². The molecule has 1 aromatic carbocycles. The topological polar surface area (TPSA) is 39.9 Å². The van der Waals surface area contributed by atoms with Crippen molar-refractivity contribution in [3.63, 3.8) is 0 Å². The highest BCUT2D eigenvalue weighted by atomic mass is 35.5. The number of aromatic nitrogens is 3. The summed E-state index contributed by atoms with van der Waals surface area (Å²) < 4.78 is 7.05. The molecule has 3 aromatic rings. The average Bonchev–Trinajstić information content (AvgIpc) is 3.16. The minimum Gasteiger partial charge on any atom is -0.497 e. The van der Waals surface area contributed by atoms with Crippen LogP contribution in [0.15, 0.2) is 42.0 Å². The van der Waals surface area contributed by atoms with Crippen LogP contribution >= 0.6 is 22.9 Å². The van der Waals surface area contributed by atoms with Gasteiger partial charge in [0, 0.05) is 23.6 Å². The van der Waals surface area contributed by atoms with Crippen molar-refractivity contribution in [2.75, 3.05) is 7.11 Å². The van der Waals surface area contributed by atoms with Gasteiger partial charge in [-0.1, -0.05) is 11.6 Å². The monoisotopic (exact) mass is 333 g/mol. The number of benzene rings is 1. The standard InChI is InChI=1S/C16H16ClN3OS/c1-11(20-9-13(17)8-18-20)7-16-19-15(10-22-16)12-3-5-14(21-2)6-4-12/h3-6,8-11H,7H2,1-2H3. The summed E-state index contributed by atoms with van der Waals surface area (Å²) in [4.78, 5) is 4.71. The van der Waals surface area contributed by atoms with Gasteiger partial charge in [0.05, 0.1) is 35.1 Å². The smallest absolute Gasteiger partial charge is 0.118 e. The molecule has 0 aliphatic rings. The molecule has 22 heavy (non-hydrogen) atoms. The maximum Gasteiger partial charge on any atom is 0.118 e. The highest BCUT2D eigenvalue weighted by Gasteiger charge is 2.11. The first kappa shape index (κ1) is 15.1. The largest absolute Gasteiger partial charge is 0.497 e. The molecule has 114 valence electrons. The summed E-state index contributed by atoms with van der Waals surface area (Å²) in [5.41, 5.74) is 2.09. The molecule has 1 unspecified atom stereocenters. The fraction of sp³-hybridized carbons (Fsp3) is 0.250.